The molecule has 162 valence electrons. The molecule has 1 aliphatic heterocycles. The summed E-state index contributed by atoms with van der Waals surface area (Å²) in [5.41, 5.74) is 0.831. The zero-order valence-electron chi connectivity index (χ0n) is 16.7. The Bertz CT molecular complexity index is 974. The summed E-state index contributed by atoms with van der Waals surface area (Å²) < 4.78 is 33.1. The first-order valence-corrected chi connectivity index (χ1v) is 11.1. The average Bonchev–Trinajstić information content (AvgIpc) is 2.73. The summed E-state index contributed by atoms with van der Waals surface area (Å²) in [6.07, 6.45) is -0.947. The topological polar surface area (TPSA) is 114 Å². The van der Waals surface area contributed by atoms with Crippen molar-refractivity contribution in [1.29, 1.82) is 0 Å². The fraction of sp³-hybridized carbons (Fsp3) is 0.400. The van der Waals surface area contributed by atoms with Crippen molar-refractivity contribution in [2.24, 2.45) is 0 Å². The van der Waals surface area contributed by atoms with Crippen molar-refractivity contribution in [2.45, 2.75) is 17.9 Å². The molecule has 0 radical (unpaired) electrons. The average molecular weight is 437 g/mol. The lowest BCUT2D eigenvalue weighted by atomic mass is 10.2. The number of ether oxygens (including phenoxy) is 1. The van der Waals surface area contributed by atoms with Gasteiger partial charge in [0.05, 0.1) is 35.3 Å². The number of morpholine rings is 1. The molecule has 1 saturated heterocycles. The number of non-ortho nitro benzene ring substituents is 1. The number of anilines is 1. The Labute approximate surface area is 175 Å². The van der Waals surface area contributed by atoms with Crippen LogP contribution in [0, 0.1) is 17.0 Å². The Kier molecular flexibility index (Phi) is 7.03. The molecule has 0 bridgehead atoms. The van der Waals surface area contributed by atoms with Crippen LogP contribution in [-0.2, 0) is 14.8 Å². The van der Waals surface area contributed by atoms with Gasteiger partial charge in [-0.15, -0.1) is 0 Å². The van der Waals surface area contributed by atoms with Gasteiger partial charge < -0.3 is 14.7 Å². The number of hydrogen-bond acceptors (Lipinski definition) is 6. The minimum atomic E-state index is -4.03. The first kappa shape index (κ1) is 22.2. The van der Waals surface area contributed by atoms with E-state index in [9.17, 15) is 23.6 Å². The summed E-state index contributed by atoms with van der Waals surface area (Å²) in [7, 11) is -4.03. The number of aliphatic hydroxyl groups is 1. The van der Waals surface area contributed by atoms with Gasteiger partial charge in [-0.3, -0.25) is 14.4 Å². The number of nitrogens with zero attached hydrogens (tertiary/aromatic N) is 2. The number of nitro groups is 1. The number of nitrogens with one attached hydrogen (secondary N) is 1. The largest absolute Gasteiger partial charge is 0.385 e. The maximum atomic E-state index is 13.4. The molecule has 2 N–H and O–H groups in total. The highest BCUT2D eigenvalue weighted by Gasteiger charge is 2.30. The highest BCUT2D eigenvalue weighted by Crippen LogP contribution is 2.27. The van der Waals surface area contributed by atoms with Crippen LogP contribution in [0.5, 0.6) is 0 Å². The van der Waals surface area contributed by atoms with Crippen molar-refractivity contribution >= 4 is 21.4 Å². The number of aryl methyl sites for hydroxylation is 1. The molecular formula is C20H26N3O6S+. The summed E-state index contributed by atoms with van der Waals surface area (Å²) in [4.78, 5) is 11.8. The maximum Gasteiger partial charge on any atom is 0.271 e. The van der Waals surface area contributed by atoms with E-state index in [0.717, 1.165) is 27.9 Å². The van der Waals surface area contributed by atoms with E-state index in [1.807, 2.05) is 6.92 Å². The van der Waals surface area contributed by atoms with Crippen LogP contribution < -0.4 is 9.21 Å². The fourth-order valence-electron chi connectivity index (χ4n) is 3.39. The van der Waals surface area contributed by atoms with E-state index in [-0.39, 0.29) is 22.8 Å². The number of sulfonamides is 1. The Morgan fingerprint density at radius 2 is 1.87 bits per heavy atom. The van der Waals surface area contributed by atoms with E-state index < -0.39 is 21.1 Å². The smallest absolute Gasteiger partial charge is 0.271 e. The normalized spacial score (nSPS) is 16.2. The molecule has 0 aliphatic carbocycles. The second-order valence-corrected chi connectivity index (χ2v) is 9.21. The van der Waals surface area contributed by atoms with Crippen molar-refractivity contribution in [1.82, 2.24) is 0 Å². The summed E-state index contributed by atoms with van der Waals surface area (Å²) in [6.45, 7) is 4.66. The first-order chi connectivity index (χ1) is 14.3. The number of nitro benzene ring substituents is 1. The van der Waals surface area contributed by atoms with Gasteiger partial charge in [-0.1, -0.05) is 23.8 Å². The van der Waals surface area contributed by atoms with Crippen molar-refractivity contribution in [2.75, 3.05) is 43.7 Å². The number of benzene rings is 2. The second-order valence-electron chi connectivity index (χ2n) is 7.35. The molecule has 3 rings (SSSR count). The third kappa shape index (κ3) is 5.33. The lowest BCUT2D eigenvalue weighted by molar-refractivity contribution is -0.910. The number of quaternary nitrogens is 1. The molecule has 1 heterocycles. The van der Waals surface area contributed by atoms with Gasteiger partial charge in [-0.25, -0.2) is 8.42 Å². The Morgan fingerprint density at radius 1 is 1.20 bits per heavy atom. The molecule has 1 fully saturated rings. The summed E-state index contributed by atoms with van der Waals surface area (Å²) in [6, 6.07) is 11.8. The lowest BCUT2D eigenvalue weighted by Crippen LogP contribution is -3.15. The molecule has 0 amide bonds. The summed E-state index contributed by atoms with van der Waals surface area (Å²) >= 11 is 0. The van der Waals surface area contributed by atoms with Gasteiger partial charge >= 0.3 is 0 Å². The van der Waals surface area contributed by atoms with Gasteiger partial charge in [0.25, 0.3) is 15.7 Å². The number of rotatable bonds is 8. The molecule has 30 heavy (non-hydrogen) atoms. The molecule has 0 unspecified atom stereocenters. The van der Waals surface area contributed by atoms with Crippen LogP contribution in [0.4, 0.5) is 11.4 Å². The molecule has 0 spiro atoms. The van der Waals surface area contributed by atoms with Crippen LogP contribution in [0.25, 0.3) is 0 Å². The molecule has 2 aromatic rings. The van der Waals surface area contributed by atoms with E-state index >= 15 is 0 Å². The third-order valence-corrected chi connectivity index (χ3v) is 6.85. The van der Waals surface area contributed by atoms with Gasteiger partial charge in [0, 0.05) is 12.1 Å². The summed E-state index contributed by atoms with van der Waals surface area (Å²) in [5.74, 6) is 0. The fourth-order valence-corrected chi connectivity index (χ4v) is 4.89. The SMILES string of the molecule is Cc1ccc(S(=O)(=O)N(C[C@@H](O)C[NH+]2CCOCC2)c2cccc([N+](=O)[O-])c2)cc1. The van der Waals surface area contributed by atoms with Crippen molar-refractivity contribution < 1.29 is 28.1 Å². The predicted molar refractivity (Wildman–Crippen MR) is 111 cm³/mol. The van der Waals surface area contributed by atoms with Crippen LogP contribution in [0.1, 0.15) is 5.56 Å². The van der Waals surface area contributed by atoms with Crippen LogP contribution in [0.2, 0.25) is 0 Å². The third-order valence-electron chi connectivity index (χ3n) is 5.04. The van der Waals surface area contributed by atoms with Crippen LogP contribution in [-0.4, -0.2) is 63.9 Å². The number of hydrogen-bond donors (Lipinski definition) is 2. The minimum absolute atomic E-state index is 0.0607. The molecule has 0 aromatic heterocycles. The predicted octanol–water partition coefficient (Wildman–Crippen LogP) is 0.375. The van der Waals surface area contributed by atoms with Gasteiger partial charge in [-0.05, 0) is 25.1 Å². The monoisotopic (exact) mass is 436 g/mol. The summed E-state index contributed by atoms with van der Waals surface area (Å²) in [5, 5.41) is 21.9. The zero-order valence-corrected chi connectivity index (χ0v) is 17.5. The highest BCUT2D eigenvalue weighted by atomic mass is 32.2. The van der Waals surface area contributed by atoms with Gasteiger partial charge in [-0.2, -0.15) is 0 Å². The van der Waals surface area contributed by atoms with E-state index in [2.05, 4.69) is 0 Å². The van der Waals surface area contributed by atoms with E-state index in [0.29, 0.717) is 19.8 Å². The minimum Gasteiger partial charge on any atom is -0.385 e. The van der Waals surface area contributed by atoms with Crippen molar-refractivity contribution in [3.63, 3.8) is 0 Å². The van der Waals surface area contributed by atoms with Crippen molar-refractivity contribution in [3.8, 4) is 0 Å². The van der Waals surface area contributed by atoms with Gasteiger partial charge in [0.1, 0.15) is 25.7 Å². The van der Waals surface area contributed by atoms with E-state index in [4.69, 9.17) is 4.74 Å². The molecule has 9 nitrogen and oxygen atoms in total. The second kappa shape index (κ2) is 9.52. The van der Waals surface area contributed by atoms with Crippen molar-refractivity contribution in [3.05, 3.63) is 64.2 Å². The van der Waals surface area contributed by atoms with E-state index in [1.165, 1.54) is 36.4 Å². The van der Waals surface area contributed by atoms with E-state index in [1.54, 1.807) is 12.1 Å². The molecule has 1 atom stereocenters. The molecule has 1 aliphatic rings. The maximum absolute atomic E-state index is 13.4. The molecule has 2 aromatic carbocycles. The van der Waals surface area contributed by atoms with Gasteiger partial charge in [0.15, 0.2) is 0 Å². The quantitative estimate of drug-likeness (QED) is 0.457. The molecular weight excluding hydrogens is 410 g/mol. The zero-order chi connectivity index (χ0) is 21.7. The standard InChI is InChI=1S/C20H25N3O6S/c1-16-5-7-20(8-6-16)30(27,28)22(17-3-2-4-18(13-17)23(25)26)15-19(24)14-21-9-11-29-12-10-21/h2-8,13,19,24H,9-12,14-15H2,1H3/p+1/t19-/m0/s1. The Balaban J connectivity index is 1.92. The van der Waals surface area contributed by atoms with Gasteiger partial charge in [0.2, 0.25) is 0 Å². The Morgan fingerprint density at radius 3 is 2.50 bits per heavy atom. The highest BCUT2D eigenvalue weighted by molar-refractivity contribution is 7.92. The Hall–Kier alpha value is -2.53. The molecule has 10 heteroatoms. The number of aliphatic hydroxyl groups excluding tert-OH is 1. The first-order valence-electron chi connectivity index (χ1n) is 9.70. The van der Waals surface area contributed by atoms with Crippen LogP contribution in [0.3, 0.4) is 0 Å². The lowest BCUT2D eigenvalue weighted by Gasteiger charge is -2.30. The van der Waals surface area contributed by atoms with Crippen LogP contribution in [0.15, 0.2) is 53.4 Å². The van der Waals surface area contributed by atoms with Crippen LogP contribution >= 0.6 is 0 Å². The molecule has 0 saturated carbocycles.